The van der Waals surface area contributed by atoms with Crippen molar-refractivity contribution in [3.05, 3.63) is 28.5 Å². The van der Waals surface area contributed by atoms with Gasteiger partial charge in [0.1, 0.15) is 6.61 Å². The maximum atomic E-state index is 5.34. The third-order valence-corrected chi connectivity index (χ3v) is 2.41. The number of nitrogens with zero attached hydrogens (tertiary/aromatic N) is 2. The second-order valence-electron chi connectivity index (χ2n) is 2.96. The summed E-state index contributed by atoms with van der Waals surface area (Å²) in [5, 5.41) is 0.477. The van der Waals surface area contributed by atoms with Gasteiger partial charge in [0.2, 0.25) is 0 Å². The largest absolute Gasteiger partial charge is 0.466 e. The lowest BCUT2D eigenvalue weighted by Gasteiger charge is -2.14. The molecule has 0 unspecified atom stereocenters. The van der Waals surface area contributed by atoms with E-state index in [-0.39, 0.29) is 0 Å². The molecule has 0 radical (unpaired) electrons. The molecule has 1 aromatic rings. The molecule has 5 heteroatoms. The van der Waals surface area contributed by atoms with E-state index in [1.807, 2.05) is 20.2 Å². The first kappa shape index (κ1) is 11.4. The summed E-state index contributed by atoms with van der Waals surface area (Å²) in [5.74, 6) is 0. The van der Waals surface area contributed by atoms with Crippen molar-refractivity contribution >= 4 is 33.3 Å². The molecule has 1 aromatic heterocycles. The van der Waals surface area contributed by atoms with E-state index in [1.54, 1.807) is 17.3 Å². The van der Waals surface area contributed by atoms with E-state index in [2.05, 4.69) is 20.9 Å². The molecular formula is C9H11BrN2OS. The molecule has 0 spiro atoms. The summed E-state index contributed by atoms with van der Waals surface area (Å²) in [7, 11) is 3.70. The fraction of sp³-hybridized carbons (Fsp3) is 0.333. The van der Waals surface area contributed by atoms with Gasteiger partial charge < -0.3 is 9.64 Å². The van der Waals surface area contributed by atoms with Crippen molar-refractivity contribution in [3.63, 3.8) is 0 Å². The number of halogens is 1. The summed E-state index contributed by atoms with van der Waals surface area (Å²) < 4.78 is 6.28. The SMILES string of the molecule is CN(C)C(=S)OCc1cncc(Br)c1. The van der Waals surface area contributed by atoms with Crippen LogP contribution in [-0.4, -0.2) is 29.2 Å². The van der Waals surface area contributed by atoms with Crippen LogP contribution < -0.4 is 0 Å². The summed E-state index contributed by atoms with van der Waals surface area (Å²) in [6.07, 6.45) is 3.48. The summed E-state index contributed by atoms with van der Waals surface area (Å²) in [6, 6.07) is 1.95. The number of pyridine rings is 1. The molecule has 0 atom stereocenters. The Balaban J connectivity index is 2.50. The van der Waals surface area contributed by atoms with Crippen molar-refractivity contribution in [2.24, 2.45) is 0 Å². The van der Waals surface area contributed by atoms with Crippen LogP contribution in [0.15, 0.2) is 22.9 Å². The van der Waals surface area contributed by atoms with Crippen molar-refractivity contribution < 1.29 is 4.74 Å². The van der Waals surface area contributed by atoms with E-state index in [4.69, 9.17) is 17.0 Å². The van der Waals surface area contributed by atoms with Crippen molar-refractivity contribution in [2.75, 3.05) is 14.1 Å². The first-order chi connectivity index (χ1) is 6.59. The van der Waals surface area contributed by atoms with Crippen LogP contribution in [0.4, 0.5) is 0 Å². The van der Waals surface area contributed by atoms with E-state index < -0.39 is 0 Å². The Bertz CT molecular complexity index is 330. The zero-order valence-electron chi connectivity index (χ0n) is 8.03. The first-order valence-corrected chi connectivity index (χ1v) is 5.23. The van der Waals surface area contributed by atoms with E-state index in [1.165, 1.54) is 0 Å². The van der Waals surface area contributed by atoms with Crippen molar-refractivity contribution in [3.8, 4) is 0 Å². The number of ether oxygens (including phenoxy) is 1. The van der Waals surface area contributed by atoms with Crippen molar-refractivity contribution in [2.45, 2.75) is 6.61 Å². The van der Waals surface area contributed by atoms with Gasteiger partial charge in [-0.3, -0.25) is 4.98 Å². The zero-order chi connectivity index (χ0) is 10.6. The van der Waals surface area contributed by atoms with E-state index in [0.717, 1.165) is 10.0 Å². The highest BCUT2D eigenvalue weighted by Crippen LogP contribution is 2.10. The highest BCUT2D eigenvalue weighted by molar-refractivity contribution is 9.10. The number of hydrogen-bond acceptors (Lipinski definition) is 3. The Morgan fingerprint density at radius 1 is 1.57 bits per heavy atom. The van der Waals surface area contributed by atoms with Crippen LogP contribution in [0, 0.1) is 0 Å². The fourth-order valence-electron chi connectivity index (χ4n) is 0.809. The van der Waals surface area contributed by atoms with Gasteiger partial charge in [-0.25, -0.2) is 0 Å². The summed E-state index contributed by atoms with van der Waals surface area (Å²) >= 11 is 8.32. The molecule has 3 nitrogen and oxygen atoms in total. The molecule has 0 bridgehead atoms. The van der Waals surface area contributed by atoms with Crippen LogP contribution in [0.2, 0.25) is 0 Å². The zero-order valence-corrected chi connectivity index (χ0v) is 10.4. The van der Waals surface area contributed by atoms with E-state index in [9.17, 15) is 0 Å². The van der Waals surface area contributed by atoms with Crippen molar-refractivity contribution in [1.82, 2.24) is 9.88 Å². The molecule has 1 rings (SSSR count). The quantitative estimate of drug-likeness (QED) is 0.773. The van der Waals surface area contributed by atoms with Crippen LogP contribution in [0.25, 0.3) is 0 Å². The van der Waals surface area contributed by atoms with Gasteiger partial charge in [0.15, 0.2) is 0 Å². The van der Waals surface area contributed by atoms with Gasteiger partial charge in [-0.2, -0.15) is 0 Å². The van der Waals surface area contributed by atoms with Crippen LogP contribution in [0.5, 0.6) is 0 Å². The predicted octanol–water partition coefficient (Wildman–Crippen LogP) is 2.21. The maximum Gasteiger partial charge on any atom is 0.259 e. The molecule has 0 N–H and O–H groups in total. The highest BCUT2D eigenvalue weighted by Gasteiger charge is 2.00. The molecule has 0 aliphatic carbocycles. The average molecular weight is 275 g/mol. The number of aromatic nitrogens is 1. The average Bonchev–Trinajstić information content (AvgIpc) is 2.14. The molecule has 0 amide bonds. The molecule has 0 aliphatic rings. The van der Waals surface area contributed by atoms with Crippen LogP contribution in [0.3, 0.4) is 0 Å². The summed E-state index contributed by atoms with van der Waals surface area (Å²) in [6.45, 7) is 0.448. The molecule has 0 aliphatic heterocycles. The second-order valence-corrected chi connectivity index (χ2v) is 4.23. The maximum absolute atomic E-state index is 5.34. The standard InChI is InChI=1S/C9H11BrN2OS/c1-12(2)9(14)13-6-7-3-8(10)5-11-4-7/h3-5H,6H2,1-2H3. The summed E-state index contributed by atoms with van der Waals surface area (Å²) in [5.41, 5.74) is 0.989. The minimum Gasteiger partial charge on any atom is -0.466 e. The van der Waals surface area contributed by atoms with Crippen LogP contribution in [-0.2, 0) is 11.3 Å². The van der Waals surface area contributed by atoms with Crippen molar-refractivity contribution in [1.29, 1.82) is 0 Å². The minimum absolute atomic E-state index is 0.448. The predicted molar refractivity (Wildman–Crippen MR) is 63.0 cm³/mol. The third-order valence-electron chi connectivity index (χ3n) is 1.49. The van der Waals surface area contributed by atoms with E-state index >= 15 is 0 Å². The minimum atomic E-state index is 0.448. The van der Waals surface area contributed by atoms with Crippen LogP contribution in [0.1, 0.15) is 5.56 Å². The molecule has 0 saturated carbocycles. The van der Waals surface area contributed by atoms with Gasteiger partial charge in [0.25, 0.3) is 5.17 Å². The Morgan fingerprint density at radius 2 is 2.29 bits per heavy atom. The second kappa shape index (κ2) is 5.26. The third kappa shape index (κ3) is 3.59. The van der Waals surface area contributed by atoms with Crippen LogP contribution >= 0.6 is 28.1 Å². The molecular weight excluding hydrogens is 264 g/mol. The molecule has 76 valence electrons. The Kier molecular flexibility index (Phi) is 4.28. The molecule has 0 fully saturated rings. The number of hydrogen-bond donors (Lipinski definition) is 0. The van der Waals surface area contributed by atoms with Gasteiger partial charge >= 0.3 is 0 Å². The first-order valence-electron chi connectivity index (χ1n) is 4.03. The molecule has 0 aromatic carbocycles. The smallest absolute Gasteiger partial charge is 0.259 e. The van der Waals surface area contributed by atoms with Gasteiger partial charge in [0, 0.05) is 36.5 Å². The Hall–Kier alpha value is -0.680. The lowest BCUT2D eigenvalue weighted by molar-refractivity contribution is 0.257. The molecule has 1 heterocycles. The van der Waals surface area contributed by atoms with Gasteiger partial charge in [0.05, 0.1) is 0 Å². The highest BCUT2D eigenvalue weighted by atomic mass is 79.9. The van der Waals surface area contributed by atoms with Gasteiger partial charge in [-0.15, -0.1) is 0 Å². The normalized spacial score (nSPS) is 9.64. The number of thiocarbonyl (C=S) groups is 1. The van der Waals surface area contributed by atoms with E-state index in [0.29, 0.717) is 11.8 Å². The Labute approximate surface area is 97.2 Å². The summed E-state index contributed by atoms with van der Waals surface area (Å²) in [4.78, 5) is 5.77. The lowest BCUT2D eigenvalue weighted by Crippen LogP contribution is -2.22. The Morgan fingerprint density at radius 3 is 2.86 bits per heavy atom. The van der Waals surface area contributed by atoms with Gasteiger partial charge in [-0.05, 0) is 34.2 Å². The molecule has 0 saturated heterocycles. The number of rotatable bonds is 2. The topological polar surface area (TPSA) is 25.4 Å². The lowest BCUT2D eigenvalue weighted by atomic mass is 10.3. The molecule has 14 heavy (non-hydrogen) atoms. The fourth-order valence-corrected chi connectivity index (χ4v) is 1.28. The van der Waals surface area contributed by atoms with Gasteiger partial charge in [-0.1, -0.05) is 0 Å². The monoisotopic (exact) mass is 274 g/mol.